The number of fused-ring (bicyclic) bond motifs is 2. The van der Waals surface area contributed by atoms with Crippen molar-refractivity contribution >= 4 is 58.1 Å². The van der Waals surface area contributed by atoms with E-state index < -0.39 is 17.1 Å². The van der Waals surface area contributed by atoms with Crippen molar-refractivity contribution < 1.29 is 23.9 Å². The Labute approximate surface area is 237 Å². The Balaban J connectivity index is 1.39. The smallest absolute Gasteiger partial charge is 0.305 e. The number of aromatic nitrogens is 1. The minimum atomic E-state index is -0.793. The van der Waals surface area contributed by atoms with Gasteiger partial charge in [-0.3, -0.25) is 19.2 Å². The van der Waals surface area contributed by atoms with Crippen LogP contribution in [0.4, 0.5) is 5.69 Å². The van der Waals surface area contributed by atoms with Gasteiger partial charge in [-0.05, 0) is 37.3 Å². The van der Waals surface area contributed by atoms with Gasteiger partial charge in [0, 0.05) is 34.5 Å². The number of H-pyrrole nitrogens is 1. The molecule has 1 N–H and O–H groups in total. The number of amides is 3. The van der Waals surface area contributed by atoms with E-state index >= 15 is 0 Å². The van der Waals surface area contributed by atoms with Gasteiger partial charge in [0.15, 0.2) is 6.61 Å². The van der Waals surface area contributed by atoms with Gasteiger partial charge in [0.2, 0.25) is 11.8 Å². The molecular formula is C27H24ClN3O6S2. The van der Waals surface area contributed by atoms with Gasteiger partial charge < -0.3 is 19.4 Å². The second kappa shape index (κ2) is 10.5. The summed E-state index contributed by atoms with van der Waals surface area (Å²) in [6.45, 7) is 3.66. The monoisotopic (exact) mass is 585 g/mol. The van der Waals surface area contributed by atoms with E-state index in [1.165, 1.54) is 16.7 Å². The van der Waals surface area contributed by atoms with Gasteiger partial charge in [-0.2, -0.15) is 0 Å². The van der Waals surface area contributed by atoms with Crippen molar-refractivity contribution in [3.63, 3.8) is 0 Å². The third-order valence-electron chi connectivity index (χ3n) is 7.14. The minimum absolute atomic E-state index is 0.180. The van der Waals surface area contributed by atoms with Crippen molar-refractivity contribution in [2.45, 2.75) is 23.1 Å². The van der Waals surface area contributed by atoms with Crippen molar-refractivity contribution in [2.75, 3.05) is 37.8 Å². The molecule has 202 valence electrons. The van der Waals surface area contributed by atoms with E-state index in [0.717, 1.165) is 16.9 Å². The van der Waals surface area contributed by atoms with Gasteiger partial charge in [-0.1, -0.05) is 52.4 Å². The van der Waals surface area contributed by atoms with E-state index in [-0.39, 0.29) is 29.2 Å². The van der Waals surface area contributed by atoms with Gasteiger partial charge in [0.25, 0.3) is 5.91 Å². The van der Waals surface area contributed by atoms with E-state index in [0.29, 0.717) is 58.2 Å². The zero-order valence-electron chi connectivity index (χ0n) is 20.8. The fraction of sp³-hybridized carbons (Fsp3) is 0.333. The number of morpholine rings is 1. The molecule has 0 saturated carbocycles. The number of ether oxygens (including phenoxy) is 2. The van der Waals surface area contributed by atoms with Crippen LogP contribution in [-0.2, 0) is 19.1 Å². The molecule has 3 amide bonds. The first kappa shape index (κ1) is 26.1. The average Bonchev–Trinajstić information content (AvgIpc) is 3.43. The fourth-order valence-corrected chi connectivity index (χ4v) is 7.92. The number of benzene rings is 2. The minimum Gasteiger partial charge on any atom is -0.483 e. The Kier molecular flexibility index (Phi) is 7.00. The number of aryl methyl sites for hydroxylation is 1. The lowest BCUT2D eigenvalue weighted by atomic mass is 9.82. The maximum atomic E-state index is 14.0. The lowest BCUT2D eigenvalue weighted by molar-refractivity contribution is -0.137. The van der Waals surface area contributed by atoms with Gasteiger partial charge in [-0.25, -0.2) is 4.90 Å². The molecule has 3 aliphatic rings. The lowest BCUT2D eigenvalue weighted by Gasteiger charge is -2.31. The molecule has 1 aromatic heterocycles. The second-order valence-corrected chi connectivity index (χ2v) is 12.2. The summed E-state index contributed by atoms with van der Waals surface area (Å²) < 4.78 is 11.3. The number of carbonyl (C=O) groups excluding carboxylic acids is 3. The van der Waals surface area contributed by atoms with E-state index in [4.69, 9.17) is 21.1 Å². The molecule has 2 fully saturated rings. The van der Waals surface area contributed by atoms with Crippen molar-refractivity contribution in [1.82, 2.24) is 9.88 Å². The van der Waals surface area contributed by atoms with E-state index in [1.807, 2.05) is 19.1 Å². The number of hydrogen-bond acceptors (Lipinski definition) is 8. The summed E-state index contributed by atoms with van der Waals surface area (Å²) in [7, 11) is 0. The van der Waals surface area contributed by atoms with Gasteiger partial charge in [-0.15, -0.1) is 0 Å². The largest absolute Gasteiger partial charge is 0.483 e. The van der Waals surface area contributed by atoms with Crippen LogP contribution >= 0.6 is 34.7 Å². The predicted octanol–water partition coefficient (Wildman–Crippen LogP) is 3.43. The normalized spacial score (nSPS) is 22.6. The Hall–Kier alpha value is -3.12. The molecule has 39 heavy (non-hydrogen) atoms. The number of rotatable bonds is 5. The SMILES string of the molecule is Cc1ccc(N2C(=O)[C@H]3[C@H](c4cc(Cl)ccc4OCC(=O)N4CCOCC4)c4sc(=O)[nH]c4S[C@H]3C2=O)cc1. The molecular weight excluding hydrogens is 562 g/mol. The van der Waals surface area contributed by atoms with E-state index in [9.17, 15) is 19.2 Å². The summed E-state index contributed by atoms with van der Waals surface area (Å²) in [5, 5.41) is 0.213. The number of imide groups is 1. The standard InChI is InChI=1S/C27H24ClN3O6S2/c1-14-2-5-16(6-3-14)31-25(33)21-20(22-24(29-27(35)39-22)38-23(21)26(31)34)17-12-15(28)4-7-18(17)37-13-19(32)30-8-10-36-11-9-30/h2-7,12,20-21,23H,8-11,13H2,1H3,(H,29,35)/t20-,21-,23+/m0/s1. The van der Waals surface area contributed by atoms with Crippen LogP contribution in [0.5, 0.6) is 5.75 Å². The summed E-state index contributed by atoms with van der Waals surface area (Å²) in [6.07, 6.45) is 0. The molecule has 3 aliphatic heterocycles. The van der Waals surface area contributed by atoms with Crippen molar-refractivity contribution in [3.8, 4) is 5.75 Å². The van der Waals surface area contributed by atoms with Crippen molar-refractivity contribution in [2.24, 2.45) is 5.92 Å². The molecule has 9 nitrogen and oxygen atoms in total. The first-order valence-corrected chi connectivity index (χ1v) is 14.5. The van der Waals surface area contributed by atoms with Crippen LogP contribution in [0.25, 0.3) is 0 Å². The van der Waals surface area contributed by atoms with Crippen LogP contribution < -0.4 is 14.5 Å². The highest BCUT2D eigenvalue weighted by atomic mass is 35.5. The molecule has 2 saturated heterocycles. The molecule has 3 atom stereocenters. The van der Waals surface area contributed by atoms with Crippen molar-refractivity contribution in [3.05, 3.63) is 73.2 Å². The molecule has 0 unspecified atom stereocenters. The summed E-state index contributed by atoms with van der Waals surface area (Å²) in [5.41, 5.74) is 2.06. The second-order valence-electron chi connectivity index (χ2n) is 9.56. The maximum Gasteiger partial charge on any atom is 0.305 e. The quantitative estimate of drug-likeness (QED) is 0.457. The summed E-state index contributed by atoms with van der Waals surface area (Å²) in [6, 6.07) is 12.2. The van der Waals surface area contributed by atoms with Crippen LogP contribution in [0.15, 0.2) is 52.3 Å². The highest BCUT2D eigenvalue weighted by molar-refractivity contribution is 8.00. The van der Waals surface area contributed by atoms with Crippen LogP contribution in [0.1, 0.15) is 21.9 Å². The number of thiazole rings is 1. The molecule has 0 bridgehead atoms. The molecule has 6 rings (SSSR count). The first-order chi connectivity index (χ1) is 18.8. The molecule has 4 heterocycles. The number of anilines is 1. The first-order valence-electron chi connectivity index (χ1n) is 12.4. The number of thioether (sulfide) groups is 1. The zero-order valence-corrected chi connectivity index (χ0v) is 23.2. The Morgan fingerprint density at radius 1 is 1.10 bits per heavy atom. The zero-order chi connectivity index (χ0) is 27.3. The van der Waals surface area contributed by atoms with Crippen LogP contribution in [-0.4, -0.2) is 65.8 Å². The maximum absolute atomic E-state index is 14.0. The number of aromatic amines is 1. The average molecular weight is 586 g/mol. The van der Waals surface area contributed by atoms with Gasteiger partial charge >= 0.3 is 4.87 Å². The highest BCUT2D eigenvalue weighted by Gasteiger charge is 2.56. The van der Waals surface area contributed by atoms with E-state index in [1.54, 1.807) is 35.2 Å². The van der Waals surface area contributed by atoms with Crippen LogP contribution in [0.2, 0.25) is 5.02 Å². The Morgan fingerprint density at radius 2 is 1.85 bits per heavy atom. The number of nitrogens with zero attached hydrogens (tertiary/aromatic N) is 2. The summed E-state index contributed by atoms with van der Waals surface area (Å²) in [5.74, 6) is -1.96. The van der Waals surface area contributed by atoms with Gasteiger partial charge in [0.05, 0.1) is 29.8 Å². The summed E-state index contributed by atoms with van der Waals surface area (Å²) >= 11 is 8.63. The Morgan fingerprint density at radius 3 is 2.59 bits per heavy atom. The number of hydrogen-bond donors (Lipinski definition) is 1. The summed E-state index contributed by atoms with van der Waals surface area (Å²) in [4.78, 5) is 58.9. The van der Waals surface area contributed by atoms with Crippen LogP contribution in [0.3, 0.4) is 0 Å². The molecule has 12 heteroatoms. The third-order valence-corrected chi connectivity index (χ3v) is 9.77. The molecule has 0 radical (unpaired) electrons. The van der Waals surface area contributed by atoms with Crippen molar-refractivity contribution in [1.29, 1.82) is 0 Å². The fourth-order valence-electron chi connectivity index (χ4n) is 5.24. The number of halogens is 1. The molecule has 2 aromatic carbocycles. The number of carbonyl (C=O) groups is 3. The van der Waals surface area contributed by atoms with Crippen LogP contribution in [0, 0.1) is 12.8 Å². The predicted molar refractivity (Wildman–Crippen MR) is 148 cm³/mol. The highest BCUT2D eigenvalue weighted by Crippen LogP contribution is 2.54. The molecule has 3 aromatic rings. The molecule has 0 spiro atoms. The topological polar surface area (TPSA) is 109 Å². The number of nitrogens with one attached hydrogen (secondary N) is 1. The lowest BCUT2D eigenvalue weighted by Crippen LogP contribution is -2.43. The Bertz CT molecular complexity index is 1510. The van der Waals surface area contributed by atoms with Gasteiger partial charge in [0.1, 0.15) is 11.0 Å². The van der Waals surface area contributed by atoms with E-state index in [2.05, 4.69) is 4.98 Å². The third kappa shape index (κ3) is 4.77. The molecule has 0 aliphatic carbocycles.